The van der Waals surface area contributed by atoms with Crippen molar-refractivity contribution in [2.45, 2.75) is 70.2 Å². The molecule has 1 saturated carbocycles. The first-order valence-electron chi connectivity index (χ1n) is 11.5. The molecule has 1 aliphatic carbocycles. The Bertz CT molecular complexity index is 1140. The van der Waals surface area contributed by atoms with Gasteiger partial charge in [0.2, 0.25) is 11.0 Å². The van der Waals surface area contributed by atoms with Crippen LogP contribution in [0.5, 0.6) is 5.75 Å². The monoisotopic (exact) mass is 498 g/mol. The van der Waals surface area contributed by atoms with Crippen LogP contribution in [0.4, 0.5) is 5.13 Å². The van der Waals surface area contributed by atoms with Crippen LogP contribution >= 0.6 is 23.1 Å². The van der Waals surface area contributed by atoms with Gasteiger partial charge in [0, 0.05) is 12.5 Å². The first-order valence-corrected chi connectivity index (χ1v) is 13.3. The molecule has 0 radical (unpaired) electrons. The minimum absolute atomic E-state index is 0.141. The van der Waals surface area contributed by atoms with Gasteiger partial charge in [-0.05, 0) is 38.3 Å². The number of hydrogen-bond donors (Lipinski definition) is 1. The maximum absolute atomic E-state index is 12.5. The molecule has 0 aliphatic heterocycles. The summed E-state index contributed by atoms with van der Waals surface area (Å²) in [6, 6.07) is 6.07. The van der Waals surface area contributed by atoms with E-state index in [1.54, 1.807) is 6.08 Å². The fourth-order valence-corrected chi connectivity index (χ4v) is 5.73. The summed E-state index contributed by atoms with van der Waals surface area (Å²) in [6.07, 6.45) is 7.88. The SMILES string of the molecule is C=CCn1c(COc2ccc(C)cc2C)nnc1SCC(=O)Nc1nnc(C2CCCCC2)s1. The summed E-state index contributed by atoms with van der Waals surface area (Å²) in [5.74, 6) is 2.04. The molecule has 2 aromatic heterocycles. The number of benzene rings is 1. The molecule has 0 bridgehead atoms. The third-order valence-corrected chi connectivity index (χ3v) is 7.73. The zero-order valence-electron chi connectivity index (χ0n) is 19.6. The van der Waals surface area contributed by atoms with Crippen LogP contribution < -0.4 is 10.1 Å². The second-order valence-electron chi connectivity index (χ2n) is 8.47. The van der Waals surface area contributed by atoms with Gasteiger partial charge in [-0.3, -0.25) is 14.7 Å². The second kappa shape index (κ2) is 11.6. The predicted octanol–water partition coefficient (Wildman–Crippen LogP) is 5.29. The number of ether oxygens (including phenoxy) is 1. The van der Waals surface area contributed by atoms with Gasteiger partial charge in [-0.15, -0.1) is 27.0 Å². The maximum atomic E-state index is 12.5. The number of carbonyl (C=O) groups excluding carboxylic acids is 1. The number of aryl methyl sites for hydroxylation is 2. The van der Waals surface area contributed by atoms with E-state index in [4.69, 9.17) is 4.74 Å². The average Bonchev–Trinajstić information content (AvgIpc) is 3.45. The van der Waals surface area contributed by atoms with Crippen LogP contribution in [0.3, 0.4) is 0 Å². The minimum atomic E-state index is -0.141. The lowest BCUT2D eigenvalue weighted by Crippen LogP contribution is -2.15. The summed E-state index contributed by atoms with van der Waals surface area (Å²) in [7, 11) is 0. The molecule has 3 aromatic rings. The molecule has 4 rings (SSSR count). The van der Waals surface area contributed by atoms with E-state index in [9.17, 15) is 4.79 Å². The van der Waals surface area contributed by atoms with Crippen LogP contribution in [0.15, 0.2) is 36.0 Å². The van der Waals surface area contributed by atoms with Crippen LogP contribution in [-0.4, -0.2) is 36.6 Å². The molecular weight excluding hydrogens is 468 g/mol. The van der Waals surface area contributed by atoms with E-state index in [0.717, 1.165) is 29.2 Å². The third-order valence-electron chi connectivity index (χ3n) is 5.77. The van der Waals surface area contributed by atoms with Crippen LogP contribution in [0.25, 0.3) is 0 Å². The summed E-state index contributed by atoms with van der Waals surface area (Å²) in [5.41, 5.74) is 2.26. The van der Waals surface area contributed by atoms with Gasteiger partial charge in [-0.2, -0.15) is 0 Å². The van der Waals surface area contributed by atoms with Crippen molar-refractivity contribution in [3.63, 3.8) is 0 Å². The molecule has 1 aliphatic rings. The Balaban J connectivity index is 1.33. The Kier molecular flexibility index (Phi) is 8.34. The second-order valence-corrected chi connectivity index (χ2v) is 10.4. The number of thioether (sulfide) groups is 1. The summed E-state index contributed by atoms with van der Waals surface area (Å²) in [6.45, 7) is 8.72. The highest BCUT2D eigenvalue weighted by Gasteiger charge is 2.20. The van der Waals surface area contributed by atoms with E-state index in [-0.39, 0.29) is 18.3 Å². The standard InChI is InChI=1S/C24H30N6O2S2/c1-4-12-30-20(14-32-19-11-10-16(2)13-17(19)3)26-29-24(30)33-15-21(31)25-23-28-27-22(34-23)18-8-6-5-7-9-18/h4,10-11,13,18H,1,5-9,12,14-15H2,2-3H3,(H,25,28,31). The lowest BCUT2D eigenvalue weighted by molar-refractivity contribution is -0.113. The van der Waals surface area contributed by atoms with Crippen LogP contribution in [0.1, 0.15) is 60.0 Å². The molecule has 1 fully saturated rings. The number of anilines is 1. The van der Waals surface area contributed by atoms with E-state index in [0.29, 0.717) is 28.6 Å². The van der Waals surface area contributed by atoms with Gasteiger partial charge in [0.15, 0.2) is 11.0 Å². The molecule has 0 spiro atoms. The van der Waals surface area contributed by atoms with Gasteiger partial charge in [-0.25, -0.2) is 0 Å². The highest BCUT2D eigenvalue weighted by molar-refractivity contribution is 7.99. The van der Waals surface area contributed by atoms with Gasteiger partial charge < -0.3 is 4.74 Å². The number of nitrogens with one attached hydrogen (secondary N) is 1. The van der Waals surface area contributed by atoms with Gasteiger partial charge >= 0.3 is 0 Å². The van der Waals surface area contributed by atoms with Crippen LogP contribution in [0.2, 0.25) is 0 Å². The first-order chi connectivity index (χ1) is 16.5. The number of rotatable bonds is 10. The lowest BCUT2D eigenvalue weighted by Gasteiger charge is -2.18. The molecular formula is C24H30N6O2S2. The van der Waals surface area contributed by atoms with E-state index in [1.807, 2.05) is 23.6 Å². The largest absolute Gasteiger partial charge is 0.485 e. The molecule has 180 valence electrons. The van der Waals surface area contributed by atoms with Crippen molar-refractivity contribution in [1.82, 2.24) is 25.0 Å². The van der Waals surface area contributed by atoms with Crippen molar-refractivity contribution in [2.24, 2.45) is 0 Å². The molecule has 1 N–H and O–H groups in total. The van der Waals surface area contributed by atoms with Crippen molar-refractivity contribution < 1.29 is 9.53 Å². The molecule has 2 heterocycles. The fourth-order valence-electron chi connectivity index (χ4n) is 4.03. The van der Waals surface area contributed by atoms with Crippen molar-refractivity contribution in [3.8, 4) is 5.75 Å². The predicted molar refractivity (Wildman–Crippen MR) is 136 cm³/mol. The van der Waals surface area contributed by atoms with E-state index in [2.05, 4.69) is 45.3 Å². The van der Waals surface area contributed by atoms with Crippen molar-refractivity contribution in [3.05, 3.63) is 52.8 Å². The zero-order chi connectivity index (χ0) is 23.9. The smallest absolute Gasteiger partial charge is 0.236 e. The fraction of sp³-hybridized carbons (Fsp3) is 0.458. The number of hydrogen-bond acceptors (Lipinski definition) is 8. The Hall–Kier alpha value is -2.72. The van der Waals surface area contributed by atoms with Crippen LogP contribution in [-0.2, 0) is 17.9 Å². The van der Waals surface area contributed by atoms with Gasteiger partial charge in [0.1, 0.15) is 17.4 Å². The van der Waals surface area contributed by atoms with Crippen molar-refractivity contribution in [1.29, 1.82) is 0 Å². The molecule has 10 heteroatoms. The van der Waals surface area contributed by atoms with Crippen molar-refractivity contribution in [2.75, 3.05) is 11.1 Å². The number of aromatic nitrogens is 5. The normalized spacial score (nSPS) is 14.2. The number of allylic oxidation sites excluding steroid dienone is 1. The zero-order valence-corrected chi connectivity index (χ0v) is 21.3. The first kappa shape index (κ1) is 24.4. The lowest BCUT2D eigenvalue weighted by atomic mass is 9.90. The van der Waals surface area contributed by atoms with E-state index < -0.39 is 0 Å². The Morgan fingerprint density at radius 2 is 2.06 bits per heavy atom. The Morgan fingerprint density at radius 3 is 2.82 bits per heavy atom. The molecule has 0 atom stereocenters. The van der Waals surface area contributed by atoms with Gasteiger partial charge in [0.25, 0.3) is 0 Å². The van der Waals surface area contributed by atoms with E-state index >= 15 is 0 Å². The Labute approximate surface area is 208 Å². The molecule has 1 aromatic carbocycles. The molecule has 1 amide bonds. The van der Waals surface area contributed by atoms with Gasteiger partial charge in [-0.1, -0.05) is 66.1 Å². The molecule has 0 saturated heterocycles. The van der Waals surface area contributed by atoms with Crippen molar-refractivity contribution >= 4 is 34.1 Å². The van der Waals surface area contributed by atoms with Gasteiger partial charge in [0.05, 0.1) is 5.75 Å². The molecule has 0 unspecified atom stereocenters. The maximum Gasteiger partial charge on any atom is 0.236 e. The molecule has 8 nitrogen and oxygen atoms in total. The summed E-state index contributed by atoms with van der Waals surface area (Å²) < 4.78 is 7.89. The number of amides is 1. The minimum Gasteiger partial charge on any atom is -0.485 e. The molecule has 34 heavy (non-hydrogen) atoms. The summed E-state index contributed by atoms with van der Waals surface area (Å²) in [4.78, 5) is 12.5. The summed E-state index contributed by atoms with van der Waals surface area (Å²) >= 11 is 2.81. The average molecular weight is 499 g/mol. The topological polar surface area (TPSA) is 94.8 Å². The summed E-state index contributed by atoms with van der Waals surface area (Å²) in [5, 5.41) is 22.1. The highest BCUT2D eigenvalue weighted by Crippen LogP contribution is 2.35. The third kappa shape index (κ3) is 6.24. The van der Waals surface area contributed by atoms with Crippen LogP contribution in [0, 0.1) is 13.8 Å². The Morgan fingerprint density at radius 1 is 1.24 bits per heavy atom. The van der Waals surface area contributed by atoms with E-state index in [1.165, 1.54) is 47.9 Å². The highest BCUT2D eigenvalue weighted by atomic mass is 32.2. The number of carbonyl (C=O) groups is 1. The number of nitrogens with zero attached hydrogens (tertiary/aromatic N) is 5. The quantitative estimate of drug-likeness (QED) is 0.300.